The number of thioether (sulfide) groups is 1. The third-order valence-corrected chi connectivity index (χ3v) is 6.82. The summed E-state index contributed by atoms with van der Waals surface area (Å²) in [6.07, 6.45) is 8.74. The second kappa shape index (κ2) is 9.65. The van der Waals surface area contributed by atoms with Crippen molar-refractivity contribution in [1.82, 2.24) is 30.1 Å². The summed E-state index contributed by atoms with van der Waals surface area (Å²) in [7, 11) is 0. The lowest BCUT2D eigenvalue weighted by atomic mass is 9.85. The summed E-state index contributed by atoms with van der Waals surface area (Å²) in [6, 6.07) is 4.15. The number of nitrogens with one attached hydrogen (secondary N) is 1. The van der Waals surface area contributed by atoms with E-state index in [-0.39, 0.29) is 23.7 Å². The maximum Gasteiger partial charge on any atom is 0.316 e. The number of ether oxygens (including phenoxy) is 1. The van der Waals surface area contributed by atoms with E-state index in [1.165, 1.54) is 0 Å². The van der Waals surface area contributed by atoms with E-state index >= 15 is 0 Å². The van der Waals surface area contributed by atoms with Crippen LogP contribution in [0.15, 0.2) is 35.7 Å². The first-order valence-corrected chi connectivity index (χ1v) is 11.8. The summed E-state index contributed by atoms with van der Waals surface area (Å²) in [5.41, 5.74) is 4.20. The average molecular weight is 466 g/mol. The molecule has 4 heterocycles. The molecule has 1 aliphatic heterocycles. The molecular weight excluding hydrogens is 442 g/mol. The molecule has 170 valence electrons. The Morgan fingerprint density at radius 3 is 2.55 bits per heavy atom. The van der Waals surface area contributed by atoms with Gasteiger partial charge in [0.05, 0.1) is 23.0 Å². The molecular formula is C22H23N7O3S. The topological polar surface area (TPSA) is 139 Å². The van der Waals surface area contributed by atoms with Crippen LogP contribution in [0.1, 0.15) is 43.2 Å². The molecule has 1 saturated carbocycles. The van der Waals surface area contributed by atoms with Crippen LogP contribution in [0.25, 0.3) is 22.6 Å². The van der Waals surface area contributed by atoms with Crippen LogP contribution >= 0.6 is 11.8 Å². The number of carbonyl (C=O) groups is 1. The van der Waals surface area contributed by atoms with Gasteiger partial charge in [0, 0.05) is 36.1 Å². The van der Waals surface area contributed by atoms with Crippen LogP contribution in [-0.2, 0) is 4.79 Å². The van der Waals surface area contributed by atoms with Gasteiger partial charge in [-0.25, -0.2) is 15.0 Å². The summed E-state index contributed by atoms with van der Waals surface area (Å²) < 4.78 is 5.90. The predicted octanol–water partition coefficient (Wildman–Crippen LogP) is 3.55. The van der Waals surface area contributed by atoms with Gasteiger partial charge in [-0.15, -0.1) is 11.8 Å². The third-order valence-electron chi connectivity index (χ3n) is 5.85. The Morgan fingerprint density at radius 1 is 1.09 bits per heavy atom. The molecule has 0 amide bonds. The summed E-state index contributed by atoms with van der Waals surface area (Å²) >= 11 is 1.63. The second-order valence-electron chi connectivity index (χ2n) is 8.18. The first-order valence-electron chi connectivity index (χ1n) is 10.9. The van der Waals surface area contributed by atoms with Gasteiger partial charge >= 0.3 is 12.0 Å². The highest BCUT2D eigenvalue weighted by Gasteiger charge is 2.24. The van der Waals surface area contributed by atoms with E-state index < -0.39 is 5.97 Å². The van der Waals surface area contributed by atoms with Crippen LogP contribution in [-0.4, -0.2) is 59.4 Å². The van der Waals surface area contributed by atoms with Crippen LogP contribution in [0, 0.1) is 5.92 Å². The number of aliphatic imine (C=N–C) groups is 1. The van der Waals surface area contributed by atoms with Gasteiger partial charge < -0.3 is 9.84 Å². The van der Waals surface area contributed by atoms with Crippen molar-refractivity contribution in [2.24, 2.45) is 10.9 Å². The molecule has 1 fully saturated rings. The van der Waals surface area contributed by atoms with E-state index in [1.807, 2.05) is 17.7 Å². The van der Waals surface area contributed by atoms with E-state index in [2.05, 4.69) is 35.1 Å². The molecule has 10 nitrogen and oxygen atoms in total. The van der Waals surface area contributed by atoms with Gasteiger partial charge in [-0.2, -0.15) is 5.10 Å². The van der Waals surface area contributed by atoms with Gasteiger partial charge in [-0.3, -0.25) is 19.9 Å². The number of hydrogen-bond donors (Lipinski definition) is 2. The molecule has 0 bridgehead atoms. The van der Waals surface area contributed by atoms with E-state index in [0.717, 1.165) is 48.3 Å². The molecule has 0 saturated heterocycles. The highest BCUT2D eigenvalue weighted by atomic mass is 32.2. The zero-order valence-electron chi connectivity index (χ0n) is 17.8. The predicted molar refractivity (Wildman–Crippen MR) is 123 cm³/mol. The van der Waals surface area contributed by atoms with Crippen LogP contribution in [0.3, 0.4) is 0 Å². The number of hydrogen-bond acceptors (Lipinski definition) is 9. The number of rotatable bonds is 7. The fraction of sp³-hybridized carbons (Fsp3) is 0.409. The lowest BCUT2D eigenvalue weighted by molar-refractivity contribution is -0.138. The maximum absolute atomic E-state index is 10.9. The number of carboxylic acid groups (broad SMARTS) is 1. The average Bonchev–Trinajstić information content (AvgIpc) is 3.53. The number of aromatic nitrogens is 6. The number of aliphatic carboxylic acids is 1. The Hall–Kier alpha value is -3.34. The van der Waals surface area contributed by atoms with Gasteiger partial charge in [0.2, 0.25) is 0 Å². The van der Waals surface area contributed by atoms with Crippen LogP contribution in [0.4, 0.5) is 0 Å². The molecule has 1 unspecified atom stereocenters. The Balaban J connectivity index is 1.18. The van der Waals surface area contributed by atoms with Crippen molar-refractivity contribution in [2.75, 3.05) is 6.54 Å². The van der Waals surface area contributed by atoms with Crippen LogP contribution in [0.5, 0.6) is 6.01 Å². The van der Waals surface area contributed by atoms with E-state index in [1.54, 1.807) is 30.4 Å². The molecule has 0 aromatic carbocycles. The third kappa shape index (κ3) is 5.19. The van der Waals surface area contributed by atoms with Crippen molar-refractivity contribution in [1.29, 1.82) is 0 Å². The van der Waals surface area contributed by atoms with Crippen molar-refractivity contribution >= 4 is 23.3 Å². The molecule has 11 heteroatoms. The minimum absolute atomic E-state index is 0.0266. The highest BCUT2D eigenvalue weighted by molar-refractivity contribution is 8.12. The molecule has 33 heavy (non-hydrogen) atoms. The molecule has 1 aliphatic carbocycles. The zero-order chi connectivity index (χ0) is 22.6. The van der Waals surface area contributed by atoms with Gasteiger partial charge in [0.15, 0.2) is 5.82 Å². The van der Waals surface area contributed by atoms with Gasteiger partial charge in [0.25, 0.3) is 0 Å². The maximum atomic E-state index is 10.9. The number of pyridine rings is 1. The Morgan fingerprint density at radius 2 is 1.88 bits per heavy atom. The van der Waals surface area contributed by atoms with Gasteiger partial charge in [-0.05, 0) is 43.7 Å². The van der Waals surface area contributed by atoms with E-state index in [0.29, 0.717) is 18.4 Å². The summed E-state index contributed by atoms with van der Waals surface area (Å²) in [6.45, 7) is 0.711. The summed E-state index contributed by atoms with van der Waals surface area (Å²) in [5, 5.41) is 16.4. The number of aromatic amines is 1. The molecule has 5 rings (SSSR count). The molecule has 2 N–H and O–H groups in total. The lowest BCUT2D eigenvalue weighted by Crippen LogP contribution is -2.25. The minimum atomic E-state index is -0.733. The van der Waals surface area contributed by atoms with Crippen molar-refractivity contribution in [3.8, 4) is 28.7 Å². The molecule has 1 atom stereocenters. The Bertz CT molecular complexity index is 1120. The fourth-order valence-corrected chi connectivity index (χ4v) is 4.78. The SMILES string of the molecule is O=C(O)CC1CCC(Oc2ncc(-c3ccc(-c4n[nH]c(C5CN=CS5)n4)cn3)cn2)CC1. The number of nitrogens with zero attached hydrogens (tertiary/aromatic N) is 6. The minimum Gasteiger partial charge on any atom is -0.481 e. The second-order valence-corrected chi connectivity index (χ2v) is 9.24. The first-order chi connectivity index (χ1) is 16.1. The van der Waals surface area contributed by atoms with E-state index in [9.17, 15) is 4.79 Å². The lowest BCUT2D eigenvalue weighted by Gasteiger charge is -2.27. The van der Waals surface area contributed by atoms with E-state index in [4.69, 9.17) is 9.84 Å². The molecule has 3 aromatic heterocycles. The Labute approximate surface area is 194 Å². The van der Waals surface area contributed by atoms with Crippen molar-refractivity contribution in [3.63, 3.8) is 0 Å². The van der Waals surface area contributed by atoms with Crippen molar-refractivity contribution in [3.05, 3.63) is 36.5 Å². The zero-order valence-corrected chi connectivity index (χ0v) is 18.6. The molecule has 0 radical (unpaired) electrons. The van der Waals surface area contributed by atoms with Crippen LogP contribution in [0.2, 0.25) is 0 Å². The number of H-pyrrole nitrogens is 1. The highest BCUT2D eigenvalue weighted by Crippen LogP contribution is 2.31. The normalized spacial score (nSPS) is 22.4. The molecule has 2 aliphatic rings. The Kier molecular flexibility index (Phi) is 6.29. The fourth-order valence-electron chi connectivity index (χ4n) is 4.05. The molecule has 0 spiro atoms. The standard InChI is InChI=1S/C22H23N7O3S/c30-19(31)7-13-1-4-16(5-2-13)32-22-25-9-15(10-26-22)17-6-3-14(8-24-17)20-27-21(29-28-20)18-11-23-12-33-18/h3,6,8-10,12-13,16,18H,1-2,4-5,7,11H2,(H,30,31)(H,27,28,29). The van der Waals surface area contributed by atoms with Crippen molar-refractivity contribution in [2.45, 2.75) is 43.5 Å². The summed E-state index contributed by atoms with van der Waals surface area (Å²) in [4.78, 5) is 32.8. The summed E-state index contributed by atoms with van der Waals surface area (Å²) in [5.74, 6) is 0.924. The number of carboxylic acids is 1. The van der Waals surface area contributed by atoms with Gasteiger partial charge in [0.1, 0.15) is 11.9 Å². The largest absolute Gasteiger partial charge is 0.481 e. The van der Waals surface area contributed by atoms with Crippen molar-refractivity contribution < 1.29 is 14.6 Å². The molecule has 3 aromatic rings. The monoisotopic (exact) mass is 465 g/mol. The van der Waals surface area contributed by atoms with Gasteiger partial charge in [-0.1, -0.05) is 0 Å². The first kappa shape index (κ1) is 21.5. The van der Waals surface area contributed by atoms with Crippen LogP contribution < -0.4 is 4.74 Å². The quantitative estimate of drug-likeness (QED) is 0.536. The smallest absolute Gasteiger partial charge is 0.316 e.